The highest BCUT2D eigenvalue weighted by Gasteiger charge is 2.36. The molecule has 0 amide bonds. The Balaban J connectivity index is 2.02. The van der Waals surface area contributed by atoms with Gasteiger partial charge in [-0.15, -0.1) is 0 Å². The molecule has 1 aromatic rings. The molecule has 1 nitrogen and oxygen atoms in total. The van der Waals surface area contributed by atoms with Gasteiger partial charge < -0.3 is 5.32 Å². The van der Waals surface area contributed by atoms with E-state index in [1.165, 1.54) is 12.5 Å². The SMILES string of the molecule is CSC1(CNCc2ccc(F)cc2C(F)(F)F)CCC1. The van der Waals surface area contributed by atoms with Gasteiger partial charge in [0, 0.05) is 17.8 Å². The molecular formula is C14H17F4NS. The third kappa shape index (κ3) is 3.47. The average molecular weight is 307 g/mol. The Hall–Kier alpha value is -0.750. The Labute approximate surface area is 120 Å². The van der Waals surface area contributed by atoms with Crippen molar-refractivity contribution in [3.63, 3.8) is 0 Å². The van der Waals surface area contributed by atoms with Gasteiger partial charge in [-0.05, 0) is 36.8 Å². The van der Waals surface area contributed by atoms with Gasteiger partial charge in [0.25, 0.3) is 0 Å². The van der Waals surface area contributed by atoms with Crippen molar-refractivity contribution < 1.29 is 17.6 Å². The number of hydrogen-bond acceptors (Lipinski definition) is 2. The number of halogens is 4. The summed E-state index contributed by atoms with van der Waals surface area (Å²) in [5.41, 5.74) is -0.800. The molecule has 112 valence electrons. The zero-order valence-corrected chi connectivity index (χ0v) is 12.0. The van der Waals surface area contributed by atoms with E-state index < -0.39 is 17.6 Å². The molecule has 0 heterocycles. The summed E-state index contributed by atoms with van der Waals surface area (Å²) in [6.07, 6.45) is 0.868. The van der Waals surface area contributed by atoms with Crippen LogP contribution in [-0.4, -0.2) is 17.5 Å². The van der Waals surface area contributed by atoms with Crippen LogP contribution in [0, 0.1) is 5.82 Å². The summed E-state index contributed by atoms with van der Waals surface area (Å²) in [5, 5.41) is 3.08. The van der Waals surface area contributed by atoms with Crippen LogP contribution in [0.1, 0.15) is 30.4 Å². The number of benzene rings is 1. The number of nitrogens with one attached hydrogen (secondary N) is 1. The highest BCUT2D eigenvalue weighted by Crippen LogP contribution is 2.42. The lowest BCUT2D eigenvalue weighted by Gasteiger charge is -2.40. The van der Waals surface area contributed by atoms with Crippen LogP contribution in [0.3, 0.4) is 0 Å². The minimum atomic E-state index is -4.52. The van der Waals surface area contributed by atoms with E-state index in [9.17, 15) is 17.6 Å². The normalized spacial score (nSPS) is 17.9. The molecule has 1 aliphatic rings. The van der Waals surface area contributed by atoms with Gasteiger partial charge in [0.15, 0.2) is 0 Å². The predicted molar refractivity (Wildman–Crippen MR) is 73.2 cm³/mol. The first-order chi connectivity index (χ1) is 9.36. The molecule has 0 radical (unpaired) electrons. The van der Waals surface area contributed by atoms with Crippen LogP contribution in [0.15, 0.2) is 18.2 Å². The van der Waals surface area contributed by atoms with Gasteiger partial charge in [-0.2, -0.15) is 24.9 Å². The second-order valence-electron chi connectivity index (χ2n) is 5.14. The summed E-state index contributed by atoms with van der Waals surface area (Å²) < 4.78 is 51.7. The van der Waals surface area contributed by atoms with E-state index in [-0.39, 0.29) is 16.9 Å². The number of thioether (sulfide) groups is 1. The van der Waals surface area contributed by atoms with Gasteiger partial charge in [-0.25, -0.2) is 4.39 Å². The molecule has 1 fully saturated rings. The van der Waals surface area contributed by atoms with Gasteiger partial charge in [0.1, 0.15) is 5.82 Å². The quantitative estimate of drug-likeness (QED) is 0.817. The van der Waals surface area contributed by atoms with Crippen molar-refractivity contribution in [2.24, 2.45) is 0 Å². The zero-order valence-electron chi connectivity index (χ0n) is 11.2. The fraction of sp³-hybridized carbons (Fsp3) is 0.571. The molecule has 0 spiro atoms. The number of rotatable bonds is 5. The van der Waals surface area contributed by atoms with Crippen molar-refractivity contribution >= 4 is 11.8 Å². The fourth-order valence-electron chi connectivity index (χ4n) is 2.42. The van der Waals surface area contributed by atoms with Gasteiger partial charge in [0.2, 0.25) is 0 Å². The molecule has 0 bridgehead atoms. The van der Waals surface area contributed by atoms with Crippen LogP contribution < -0.4 is 5.32 Å². The van der Waals surface area contributed by atoms with E-state index in [0.29, 0.717) is 12.6 Å². The van der Waals surface area contributed by atoms with Crippen molar-refractivity contribution in [2.75, 3.05) is 12.8 Å². The summed E-state index contributed by atoms with van der Waals surface area (Å²) in [4.78, 5) is 0. The van der Waals surface area contributed by atoms with E-state index in [4.69, 9.17) is 0 Å². The smallest absolute Gasteiger partial charge is 0.311 e. The molecular weight excluding hydrogens is 290 g/mol. The fourth-order valence-corrected chi connectivity index (χ4v) is 3.36. The van der Waals surface area contributed by atoms with Crippen LogP contribution in [0.4, 0.5) is 17.6 Å². The molecule has 0 atom stereocenters. The van der Waals surface area contributed by atoms with Crippen molar-refractivity contribution in [3.05, 3.63) is 35.1 Å². The minimum absolute atomic E-state index is 0.0921. The standard InChI is InChI=1S/C14H17F4NS/c1-20-13(5-2-6-13)9-19-8-10-3-4-11(15)7-12(10)14(16,17)18/h3-4,7,19H,2,5-6,8-9H2,1H3. The second kappa shape index (κ2) is 5.93. The molecule has 1 saturated carbocycles. The number of hydrogen-bond donors (Lipinski definition) is 1. The summed E-state index contributed by atoms with van der Waals surface area (Å²) in [7, 11) is 0. The molecule has 0 saturated heterocycles. The third-order valence-corrected chi connectivity index (χ3v) is 5.26. The molecule has 0 aliphatic heterocycles. The van der Waals surface area contributed by atoms with Gasteiger partial charge >= 0.3 is 6.18 Å². The highest BCUT2D eigenvalue weighted by molar-refractivity contribution is 8.00. The van der Waals surface area contributed by atoms with E-state index in [2.05, 4.69) is 5.32 Å². The van der Waals surface area contributed by atoms with Gasteiger partial charge in [-0.3, -0.25) is 0 Å². The zero-order chi connectivity index (χ0) is 14.8. The first-order valence-electron chi connectivity index (χ1n) is 6.48. The van der Waals surface area contributed by atoms with E-state index >= 15 is 0 Å². The molecule has 2 rings (SSSR count). The molecule has 0 aromatic heterocycles. The molecule has 0 unspecified atom stereocenters. The highest BCUT2D eigenvalue weighted by atomic mass is 32.2. The first-order valence-corrected chi connectivity index (χ1v) is 7.70. The Morgan fingerprint density at radius 1 is 1.30 bits per heavy atom. The van der Waals surface area contributed by atoms with Crippen LogP contribution in [0.2, 0.25) is 0 Å². The monoisotopic (exact) mass is 307 g/mol. The van der Waals surface area contributed by atoms with Crippen molar-refractivity contribution in [1.82, 2.24) is 5.32 Å². The second-order valence-corrected chi connectivity index (χ2v) is 6.42. The van der Waals surface area contributed by atoms with Crippen LogP contribution >= 0.6 is 11.8 Å². The summed E-state index contributed by atoms with van der Waals surface area (Å²) in [6, 6.07) is 2.84. The Kier molecular flexibility index (Phi) is 4.64. The Morgan fingerprint density at radius 2 is 2.00 bits per heavy atom. The molecule has 1 aromatic carbocycles. The summed E-state index contributed by atoms with van der Waals surface area (Å²) in [5.74, 6) is -0.861. The molecule has 1 N–H and O–H groups in total. The van der Waals surface area contributed by atoms with Crippen LogP contribution in [0.5, 0.6) is 0 Å². The third-order valence-electron chi connectivity index (χ3n) is 3.84. The maximum absolute atomic E-state index is 13.0. The van der Waals surface area contributed by atoms with Crippen LogP contribution in [0.25, 0.3) is 0 Å². The van der Waals surface area contributed by atoms with Crippen molar-refractivity contribution in [3.8, 4) is 0 Å². The predicted octanol–water partition coefficient (Wildman–Crippen LogP) is 4.22. The minimum Gasteiger partial charge on any atom is -0.311 e. The van der Waals surface area contributed by atoms with Crippen LogP contribution in [-0.2, 0) is 12.7 Å². The topological polar surface area (TPSA) is 12.0 Å². The largest absolute Gasteiger partial charge is 0.416 e. The van der Waals surface area contributed by atoms with E-state index in [0.717, 1.165) is 18.9 Å². The van der Waals surface area contributed by atoms with Crippen molar-refractivity contribution in [2.45, 2.75) is 36.7 Å². The molecule has 6 heteroatoms. The van der Waals surface area contributed by atoms with Gasteiger partial charge in [0.05, 0.1) is 5.56 Å². The maximum Gasteiger partial charge on any atom is 0.416 e. The maximum atomic E-state index is 13.0. The van der Waals surface area contributed by atoms with E-state index in [1.54, 1.807) is 11.8 Å². The van der Waals surface area contributed by atoms with Gasteiger partial charge in [-0.1, -0.05) is 12.5 Å². The number of alkyl halides is 3. The first kappa shape index (κ1) is 15.6. The van der Waals surface area contributed by atoms with Crippen molar-refractivity contribution in [1.29, 1.82) is 0 Å². The lowest BCUT2D eigenvalue weighted by Crippen LogP contribution is -2.43. The summed E-state index contributed by atoms with van der Waals surface area (Å²) >= 11 is 1.76. The Bertz CT molecular complexity index is 463. The molecule has 20 heavy (non-hydrogen) atoms. The van der Waals surface area contributed by atoms with E-state index in [1.807, 2.05) is 6.26 Å². The Morgan fingerprint density at radius 3 is 2.50 bits per heavy atom. The summed E-state index contributed by atoms with van der Waals surface area (Å²) in [6.45, 7) is 0.792. The lowest BCUT2D eigenvalue weighted by atomic mass is 9.84. The lowest BCUT2D eigenvalue weighted by molar-refractivity contribution is -0.138. The average Bonchev–Trinajstić information content (AvgIpc) is 2.33. The molecule has 1 aliphatic carbocycles.